The molecule has 1 aliphatic carbocycles. The lowest BCUT2D eigenvalue weighted by atomic mass is 10.00. The molecule has 0 saturated heterocycles. The Morgan fingerprint density at radius 1 is 1.40 bits per heavy atom. The van der Waals surface area contributed by atoms with Gasteiger partial charge in [-0.3, -0.25) is 0 Å². The molecular weight excluding hydrogens is 126 g/mol. The van der Waals surface area contributed by atoms with Crippen molar-refractivity contribution in [2.45, 2.75) is 38.2 Å². The van der Waals surface area contributed by atoms with Gasteiger partial charge in [-0.15, -0.1) is 0 Å². The Labute approximate surface area is 62.4 Å². The van der Waals surface area contributed by atoms with E-state index >= 15 is 0 Å². The summed E-state index contributed by atoms with van der Waals surface area (Å²) in [6.07, 6.45) is 5.60. The zero-order valence-electron chi connectivity index (χ0n) is 6.42. The fourth-order valence-electron chi connectivity index (χ4n) is 1.73. The Kier molecular flexibility index (Phi) is 3.16. The summed E-state index contributed by atoms with van der Waals surface area (Å²) in [4.78, 5) is 0. The summed E-state index contributed by atoms with van der Waals surface area (Å²) in [5.41, 5.74) is 5.37. The van der Waals surface area contributed by atoms with E-state index in [1.54, 1.807) is 0 Å². The zero-order valence-corrected chi connectivity index (χ0v) is 6.42. The molecule has 1 fully saturated rings. The lowest BCUT2D eigenvalue weighted by molar-refractivity contribution is 0.127. The van der Waals surface area contributed by atoms with E-state index in [1.165, 1.54) is 12.8 Å². The zero-order chi connectivity index (χ0) is 7.40. The van der Waals surface area contributed by atoms with Gasteiger partial charge in [0.1, 0.15) is 0 Å². The van der Waals surface area contributed by atoms with Crippen molar-refractivity contribution in [3.63, 3.8) is 0 Å². The number of hydrogen-bond acceptors (Lipinski definition) is 2. The van der Waals surface area contributed by atoms with Crippen molar-refractivity contribution in [3.05, 3.63) is 0 Å². The molecule has 0 unspecified atom stereocenters. The van der Waals surface area contributed by atoms with E-state index in [4.69, 9.17) is 5.73 Å². The monoisotopic (exact) mass is 143 g/mol. The van der Waals surface area contributed by atoms with Gasteiger partial charge < -0.3 is 10.8 Å². The maximum absolute atomic E-state index is 9.37. The number of hydrogen-bond donors (Lipinski definition) is 2. The van der Waals surface area contributed by atoms with Crippen molar-refractivity contribution in [2.24, 2.45) is 11.7 Å². The highest BCUT2D eigenvalue weighted by molar-refractivity contribution is 4.76. The Hall–Kier alpha value is -0.0800. The van der Waals surface area contributed by atoms with Gasteiger partial charge in [-0.25, -0.2) is 0 Å². The van der Waals surface area contributed by atoms with Gasteiger partial charge in [0.2, 0.25) is 0 Å². The van der Waals surface area contributed by atoms with Crippen LogP contribution in [0.15, 0.2) is 0 Å². The maximum atomic E-state index is 9.37. The Morgan fingerprint density at radius 2 is 2.20 bits per heavy atom. The average Bonchev–Trinajstić information content (AvgIpc) is 2.31. The summed E-state index contributed by atoms with van der Waals surface area (Å²) in [5.74, 6) is 0.559. The molecule has 1 aliphatic rings. The maximum Gasteiger partial charge on any atom is 0.0568 e. The quantitative estimate of drug-likeness (QED) is 0.616. The molecule has 3 N–H and O–H groups in total. The van der Waals surface area contributed by atoms with Crippen LogP contribution in [-0.4, -0.2) is 17.8 Å². The molecule has 0 aromatic carbocycles. The lowest BCUT2D eigenvalue weighted by Gasteiger charge is -2.12. The van der Waals surface area contributed by atoms with E-state index in [-0.39, 0.29) is 6.10 Å². The molecule has 0 aromatic heterocycles. The fourth-order valence-corrected chi connectivity index (χ4v) is 1.73. The van der Waals surface area contributed by atoms with E-state index in [2.05, 4.69) is 0 Å². The van der Waals surface area contributed by atoms with Crippen LogP contribution in [0.3, 0.4) is 0 Å². The second-order valence-electron chi connectivity index (χ2n) is 3.19. The molecular formula is C8H17NO. The van der Waals surface area contributed by atoms with Gasteiger partial charge in [0, 0.05) is 0 Å². The fraction of sp³-hybridized carbons (Fsp3) is 1.00. The first-order valence-electron chi connectivity index (χ1n) is 4.22. The van der Waals surface area contributed by atoms with Gasteiger partial charge >= 0.3 is 0 Å². The molecule has 10 heavy (non-hydrogen) atoms. The van der Waals surface area contributed by atoms with E-state index in [1.807, 2.05) is 0 Å². The predicted octanol–water partition coefficient (Wildman–Crippen LogP) is 0.886. The SMILES string of the molecule is NCCC[C@H]1CCC[C@H]1O. The minimum Gasteiger partial charge on any atom is -0.393 e. The largest absolute Gasteiger partial charge is 0.393 e. The smallest absolute Gasteiger partial charge is 0.0568 e. The summed E-state index contributed by atoms with van der Waals surface area (Å²) in [5, 5.41) is 9.37. The van der Waals surface area contributed by atoms with Crippen molar-refractivity contribution in [2.75, 3.05) is 6.54 Å². The highest BCUT2D eigenvalue weighted by Crippen LogP contribution is 2.28. The first-order valence-corrected chi connectivity index (χ1v) is 4.22. The van der Waals surface area contributed by atoms with Crippen LogP contribution in [0, 0.1) is 5.92 Å². The Balaban J connectivity index is 2.14. The first kappa shape index (κ1) is 8.02. The summed E-state index contributed by atoms with van der Waals surface area (Å²) in [7, 11) is 0. The van der Waals surface area contributed by atoms with Crippen LogP contribution in [0.25, 0.3) is 0 Å². The molecule has 1 saturated carbocycles. The van der Waals surface area contributed by atoms with Gasteiger partial charge in [-0.05, 0) is 38.1 Å². The number of aliphatic hydroxyl groups excluding tert-OH is 1. The van der Waals surface area contributed by atoms with Crippen molar-refractivity contribution in [3.8, 4) is 0 Å². The van der Waals surface area contributed by atoms with Crippen LogP contribution in [0.2, 0.25) is 0 Å². The van der Waals surface area contributed by atoms with Crippen LogP contribution in [-0.2, 0) is 0 Å². The molecule has 2 atom stereocenters. The van der Waals surface area contributed by atoms with Gasteiger partial charge in [-0.2, -0.15) is 0 Å². The summed E-state index contributed by atoms with van der Waals surface area (Å²) >= 11 is 0. The number of rotatable bonds is 3. The van der Waals surface area contributed by atoms with Crippen LogP contribution in [0.5, 0.6) is 0 Å². The van der Waals surface area contributed by atoms with Crippen LogP contribution in [0.1, 0.15) is 32.1 Å². The van der Waals surface area contributed by atoms with Crippen molar-refractivity contribution in [1.82, 2.24) is 0 Å². The van der Waals surface area contributed by atoms with Crippen LogP contribution >= 0.6 is 0 Å². The summed E-state index contributed by atoms with van der Waals surface area (Å²) in [6, 6.07) is 0. The number of aliphatic hydroxyl groups is 1. The minimum absolute atomic E-state index is 0.0217. The predicted molar refractivity (Wildman–Crippen MR) is 41.6 cm³/mol. The van der Waals surface area contributed by atoms with E-state index < -0.39 is 0 Å². The van der Waals surface area contributed by atoms with Crippen molar-refractivity contribution < 1.29 is 5.11 Å². The molecule has 0 spiro atoms. The molecule has 60 valence electrons. The molecule has 2 heteroatoms. The molecule has 0 radical (unpaired) electrons. The molecule has 2 nitrogen and oxygen atoms in total. The lowest BCUT2D eigenvalue weighted by Crippen LogP contribution is -2.14. The topological polar surface area (TPSA) is 46.2 Å². The third kappa shape index (κ3) is 1.96. The van der Waals surface area contributed by atoms with Crippen LogP contribution < -0.4 is 5.73 Å². The van der Waals surface area contributed by atoms with Crippen molar-refractivity contribution in [1.29, 1.82) is 0 Å². The van der Waals surface area contributed by atoms with Gasteiger partial charge in [0.15, 0.2) is 0 Å². The second-order valence-corrected chi connectivity index (χ2v) is 3.19. The first-order chi connectivity index (χ1) is 4.84. The summed E-state index contributed by atoms with van der Waals surface area (Å²) < 4.78 is 0. The third-order valence-corrected chi connectivity index (χ3v) is 2.40. The van der Waals surface area contributed by atoms with Gasteiger partial charge in [-0.1, -0.05) is 6.42 Å². The van der Waals surface area contributed by atoms with Crippen LogP contribution in [0.4, 0.5) is 0 Å². The number of nitrogens with two attached hydrogens (primary N) is 1. The summed E-state index contributed by atoms with van der Waals surface area (Å²) in [6.45, 7) is 0.767. The van der Waals surface area contributed by atoms with E-state index in [0.717, 1.165) is 25.8 Å². The molecule has 0 bridgehead atoms. The normalized spacial score (nSPS) is 33.0. The van der Waals surface area contributed by atoms with Crippen molar-refractivity contribution >= 4 is 0 Å². The molecule has 0 amide bonds. The standard InChI is InChI=1S/C8H17NO/c9-6-2-4-7-3-1-5-8(7)10/h7-8,10H,1-6,9H2/t7-,8-/m1/s1. The third-order valence-electron chi connectivity index (χ3n) is 2.40. The van der Waals surface area contributed by atoms with E-state index in [9.17, 15) is 5.11 Å². The molecule has 0 aromatic rings. The molecule has 0 aliphatic heterocycles. The van der Waals surface area contributed by atoms with Gasteiger partial charge in [0.25, 0.3) is 0 Å². The Bertz CT molecular complexity index is 95.3. The van der Waals surface area contributed by atoms with E-state index in [0.29, 0.717) is 5.92 Å². The second kappa shape index (κ2) is 3.94. The Morgan fingerprint density at radius 3 is 2.70 bits per heavy atom. The highest BCUT2D eigenvalue weighted by Gasteiger charge is 2.23. The molecule has 1 rings (SSSR count). The average molecular weight is 143 g/mol. The highest BCUT2D eigenvalue weighted by atomic mass is 16.3. The van der Waals surface area contributed by atoms with Gasteiger partial charge in [0.05, 0.1) is 6.10 Å². The minimum atomic E-state index is -0.0217. The molecule has 0 heterocycles.